The number of nitrogens with zero attached hydrogens (tertiary/aromatic N) is 1. The molecule has 2 amide bonds. The first-order valence-corrected chi connectivity index (χ1v) is 8.28. The van der Waals surface area contributed by atoms with Crippen LogP contribution in [-0.4, -0.2) is 48.6 Å². The number of nitrogens with one attached hydrogen (secondary N) is 1. The number of amides is 2. The SMILES string of the molecule is CSc1ccc(C(=O)N(CC(N)=O)C2CCNCC2)cc1. The molecule has 0 unspecified atom stereocenters. The Kier molecular flexibility index (Phi) is 5.64. The van der Waals surface area contributed by atoms with E-state index in [0.29, 0.717) is 5.56 Å². The quantitative estimate of drug-likeness (QED) is 0.799. The fourth-order valence-corrected chi connectivity index (χ4v) is 2.96. The van der Waals surface area contributed by atoms with Crippen molar-refractivity contribution in [2.45, 2.75) is 23.8 Å². The van der Waals surface area contributed by atoms with Crippen LogP contribution in [0.3, 0.4) is 0 Å². The Bertz CT molecular complexity index is 498. The molecule has 6 heteroatoms. The lowest BCUT2D eigenvalue weighted by Crippen LogP contribution is -2.49. The van der Waals surface area contributed by atoms with E-state index in [2.05, 4.69) is 5.32 Å². The molecule has 0 spiro atoms. The normalized spacial score (nSPS) is 15.7. The average molecular weight is 307 g/mol. The van der Waals surface area contributed by atoms with E-state index in [9.17, 15) is 9.59 Å². The van der Waals surface area contributed by atoms with Crippen molar-refractivity contribution in [1.29, 1.82) is 0 Å². The molecule has 1 aromatic rings. The minimum Gasteiger partial charge on any atom is -0.368 e. The first-order valence-electron chi connectivity index (χ1n) is 7.06. The summed E-state index contributed by atoms with van der Waals surface area (Å²) in [5.74, 6) is -0.587. The molecular weight excluding hydrogens is 286 g/mol. The first kappa shape index (κ1) is 15.9. The van der Waals surface area contributed by atoms with Crippen LogP contribution in [0.1, 0.15) is 23.2 Å². The molecule has 1 aliphatic rings. The van der Waals surface area contributed by atoms with Crippen LogP contribution in [0.2, 0.25) is 0 Å². The summed E-state index contributed by atoms with van der Waals surface area (Å²) in [4.78, 5) is 26.7. The molecule has 2 rings (SSSR count). The van der Waals surface area contributed by atoms with E-state index in [1.54, 1.807) is 16.7 Å². The highest BCUT2D eigenvalue weighted by molar-refractivity contribution is 7.98. The number of thioether (sulfide) groups is 1. The summed E-state index contributed by atoms with van der Waals surface area (Å²) in [6.45, 7) is 1.70. The van der Waals surface area contributed by atoms with Crippen LogP contribution >= 0.6 is 11.8 Å². The van der Waals surface area contributed by atoms with Crippen LogP contribution in [0.25, 0.3) is 0 Å². The van der Waals surface area contributed by atoms with E-state index in [1.807, 2.05) is 30.5 Å². The summed E-state index contributed by atoms with van der Waals surface area (Å²) in [5, 5.41) is 3.26. The second-order valence-electron chi connectivity index (χ2n) is 5.11. The van der Waals surface area contributed by atoms with Crippen LogP contribution < -0.4 is 11.1 Å². The summed E-state index contributed by atoms with van der Waals surface area (Å²) in [7, 11) is 0. The predicted molar refractivity (Wildman–Crippen MR) is 84.3 cm³/mol. The minimum atomic E-state index is -0.470. The van der Waals surface area contributed by atoms with Gasteiger partial charge in [0, 0.05) is 16.5 Å². The Morgan fingerprint density at radius 3 is 2.43 bits per heavy atom. The van der Waals surface area contributed by atoms with Crippen LogP contribution in [0.5, 0.6) is 0 Å². The molecule has 5 nitrogen and oxygen atoms in total. The molecule has 114 valence electrons. The summed E-state index contributed by atoms with van der Waals surface area (Å²) in [6.07, 6.45) is 3.69. The molecule has 3 N–H and O–H groups in total. The number of primary amides is 1. The Hall–Kier alpha value is -1.53. The molecule has 1 saturated heterocycles. The molecule has 0 bridgehead atoms. The number of hydrogen-bond acceptors (Lipinski definition) is 4. The van der Waals surface area contributed by atoms with Gasteiger partial charge < -0.3 is 16.0 Å². The molecule has 1 heterocycles. The van der Waals surface area contributed by atoms with Crippen LogP contribution in [-0.2, 0) is 4.79 Å². The topological polar surface area (TPSA) is 75.4 Å². The monoisotopic (exact) mass is 307 g/mol. The van der Waals surface area contributed by atoms with Gasteiger partial charge in [-0.25, -0.2) is 0 Å². The summed E-state index contributed by atoms with van der Waals surface area (Å²) < 4.78 is 0. The molecule has 0 atom stereocenters. The molecule has 0 radical (unpaired) electrons. The number of hydrogen-bond donors (Lipinski definition) is 2. The number of piperidine rings is 1. The molecular formula is C15H21N3O2S. The highest BCUT2D eigenvalue weighted by Crippen LogP contribution is 2.19. The number of rotatable bonds is 5. The third kappa shape index (κ3) is 4.22. The van der Waals surface area contributed by atoms with Crippen molar-refractivity contribution in [3.05, 3.63) is 29.8 Å². The lowest BCUT2D eigenvalue weighted by atomic mass is 10.0. The number of carbonyl (C=O) groups excluding carboxylic acids is 2. The Morgan fingerprint density at radius 1 is 1.29 bits per heavy atom. The molecule has 0 aliphatic carbocycles. The van der Waals surface area contributed by atoms with Gasteiger partial charge in [-0.1, -0.05) is 0 Å². The van der Waals surface area contributed by atoms with Crippen LogP contribution in [0.15, 0.2) is 29.2 Å². The number of nitrogens with two attached hydrogens (primary N) is 1. The maximum Gasteiger partial charge on any atom is 0.254 e. The zero-order valence-corrected chi connectivity index (χ0v) is 13.0. The van der Waals surface area contributed by atoms with Gasteiger partial charge in [0.15, 0.2) is 0 Å². The molecule has 0 aromatic heterocycles. The van der Waals surface area contributed by atoms with Gasteiger partial charge in [0.1, 0.15) is 0 Å². The Balaban J connectivity index is 2.17. The average Bonchev–Trinajstić information content (AvgIpc) is 2.53. The predicted octanol–water partition coefficient (Wildman–Crippen LogP) is 1.09. The van der Waals surface area contributed by atoms with Crippen LogP contribution in [0.4, 0.5) is 0 Å². The molecule has 1 aliphatic heterocycles. The third-order valence-corrected chi connectivity index (χ3v) is 4.42. The Labute approximate surface area is 129 Å². The van der Waals surface area contributed by atoms with Gasteiger partial charge >= 0.3 is 0 Å². The number of carbonyl (C=O) groups is 2. The minimum absolute atomic E-state index is 0.0201. The highest BCUT2D eigenvalue weighted by atomic mass is 32.2. The zero-order valence-electron chi connectivity index (χ0n) is 12.2. The smallest absolute Gasteiger partial charge is 0.254 e. The van der Waals surface area contributed by atoms with Gasteiger partial charge in [-0.3, -0.25) is 9.59 Å². The standard InChI is InChI=1S/C15H21N3O2S/c1-21-13-4-2-11(3-5-13)15(20)18(10-14(16)19)12-6-8-17-9-7-12/h2-5,12,17H,6-10H2,1H3,(H2,16,19). The first-order chi connectivity index (χ1) is 10.1. The van der Waals surface area contributed by atoms with E-state index in [-0.39, 0.29) is 18.5 Å². The van der Waals surface area contributed by atoms with Gasteiger partial charge in [-0.15, -0.1) is 11.8 Å². The summed E-state index contributed by atoms with van der Waals surface area (Å²) in [5.41, 5.74) is 5.91. The van der Waals surface area contributed by atoms with Gasteiger partial charge in [-0.2, -0.15) is 0 Å². The number of benzene rings is 1. The van der Waals surface area contributed by atoms with Crippen molar-refractivity contribution in [3.8, 4) is 0 Å². The largest absolute Gasteiger partial charge is 0.368 e. The lowest BCUT2D eigenvalue weighted by Gasteiger charge is -2.34. The van der Waals surface area contributed by atoms with Crippen molar-refractivity contribution in [2.75, 3.05) is 25.9 Å². The van der Waals surface area contributed by atoms with E-state index in [0.717, 1.165) is 30.8 Å². The second-order valence-corrected chi connectivity index (χ2v) is 5.99. The molecule has 1 fully saturated rings. The van der Waals surface area contributed by atoms with Crippen LogP contribution in [0, 0.1) is 0 Å². The maximum absolute atomic E-state index is 12.7. The van der Waals surface area contributed by atoms with E-state index < -0.39 is 5.91 Å². The van der Waals surface area contributed by atoms with Gasteiger partial charge in [0.05, 0.1) is 6.54 Å². The Morgan fingerprint density at radius 2 is 1.90 bits per heavy atom. The molecule has 21 heavy (non-hydrogen) atoms. The fraction of sp³-hybridized carbons (Fsp3) is 0.467. The molecule has 0 saturated carbocycles. The van der Waals surface area contributed by atoms with Crippen molar-refractivity contribution in [1.82, 2.24) is 10.2 Å². The van der Waals surface area contributed by atoms with Crippen molar-refractivity contribution < 1.29 is 9.59 Å². The van der Waals surface area contributed by atoms with Crippen molar-refractivity contribution in [3.63, 3.8) is 0 Å². The molecule has 1 aromatic carbocycles. The van der Waals surface area contributed by atoms with Crippen molar-refractivity contribution >= 4 is 23.6 Å². The summed E-state index contributed by atoms with van der Waals surface area (Å²) >= 11 is 1.63. The van der Waals surface area contributed by atoms with E-state index >= 15 is 0 Å². The van der Waals surface area contributed by atoms with Gasteiger partial charge in [0.2, 0.25) is 5.91 Å². The fourth-order valence-electron chi connectivity index (χ4n) is 2.55. The maximum atomic E-state index is 12.7. The van der Waals surface area contributed by atoms with Gasteiger partial charge in [-0.05, 0) is 56.5 Å². The second kappa shape index (κ2) is 7.47. The highest BCUT2D eigenvalue weighted by Gasteiger charge is 2.27. The van der Waals surface area contributed by atoms with E-state index in [4.69, 9.17) is 5.73 Å². The van der Waals surface area contributed by atoms with E-state index in [1.165, 1.54) is 0 Å². The van der Waals surface area contributed by atoms with Gasteiger partial charge in [0.25, 0.3) is 5.91 Å². The zero-order chi connectivity index (χ0) is 15.2. The lowest BCUT2D eigenvalue weighted by molar-refractivity contribution is -0.119. The third-order valence-electron chi connectivity index (χ3n) is 3.67. The summed E-state index contributed by atoms with van der Waals surface area (Å²) in [6, 6.07) is 7.53. The van der Waals surface area contributed by atoms with Crippen molar-refractivity contribution in [2.24, 2.45) is 5.73 Å².